The predicted octanol–water partition coefficient (Wildman–Crippen LogP) is 4.40. The zero-order valence-electron chi connectivity index (χ0n) is 21.5. The van der Waals surface area contributed by atoms with Crippen molar-refractivity contribution < 1.29 is 19.1 Å². The molecule has 0 aliphatic heterocycles. The molecular weight excluding hydrogens is 438 g/mol. The number of rotatable bonds is 9. The lowest BCUT2D eigenvalue weighted by molar-refractivity contribution is -0.149. The van der Waals surface area contributed by atoms with Crippen LogP contribution in [0.25, 0.3) is 0 Å². The van der Waals surface area contributed by atoms with Crippen molar-refractivity contribution in [1.29, 1.82) is 0 Å². The molecule has 0 fully saturated rings. The predicted molar refractivity (Wildman–Crippen MR) is 135 cm³/mol. The van der Waals surface area contributed by atoms with Crippen LogP contribution in [0.15, 0.2) is 24.3 Å². The minimum Gasteiger partial charge on any atom is -0.444 e. The maximum atomic E-state index is 13.9. The first kappa shape index (κ1) is 28.8. The Kier molecular flexibility index (Phi) is 10.3. The number of amides is 3. The minimum atomic E-state index is -0.965. The summed E-state index contributed by atoms with van der Waals surface area (Å²) in [6.45, 7) is 16.7. The Morgan fingerprint density at radius 3 is 2.09 bits per heavy atom. The minimum absolute atomic E-state index is 0.0562. The number of aryl methyl sites for hydroxylation is 1. The van der Waals surface area contributed by atoms with Crippen molar-refractivity contribution >= 4 is 30.5 Å². The molecule has 0 aromatic heterocycles. The van der Waals surface area contributed by atoms with Gasteiger partial charge in [0.25, 0.3) is 0 Å². The molecule has 0 heterocycles. The van der Waals surface area contributed by atoms with Crippen LogP contribution in [-0.4, -0.2) is 51.8 Å². The Morgan fingerprint density at radius 1 is 1.06 bits per heavy atom. The van der Waals surface area contributed by atoms with Crippen molar-refractivity contribution in [3.05, 3.63) is 35.4 Å². The van der Waals surface area contributed by atoms with Gasteiger partial charge in [0, 0.05) is 17.3 Å². The number of carbonyl (C=O) groups is 3. The summed E-state index contributed by atoms with van der Waals surface area (Å²) in [7, 11) is 0. The molecule has 2 N–H and O–H groups in total. The molecule has 186 valence electrons. The van der Waals surface area contributed by atoms with Gasteiger partial charge in [-0.2, -0.15) is 12.6 Å². The van der Waals surface area contributed by atoms with Crippen molar-refractivity contribution in [2.24, 2.45) is 0 Å². The van der Waals surface area contributed by atoms with E-state index in [9.17, 15) is 14.4 Å². The van der Waals surface area contributed by atoms with E-state index in [4.69, 9.17) is 4.74 Å². The number of nitrogens with one attached hydrogen (secondary N) is 2. The summed E-state index contributed by atoms with van der Waals surface area (Å²) in [4.78, 5) is 41.4. The summed E-state index contributed by atoms with van der Waals surface area (Å²) in [5.74, 6) is -0.611. The van der Waals surface area contributed by atoms with Crippen molar-refractivity contribution in [3.63, 3.8) is 0 Å². The normalized spacial score (nSPS) is 13.8. The standard InChI is InChI=1S/C25H41N3O4S/c1-10-25(8,9)28(22(30)19(15-33)27-23(31)32-24(5,6)7)20(21(29)26-16(2)3)18-14-12-11-13-17(18)4/h11-14,16,19-20,33H,10,15H2,1-9H3,(H,26,29)(H,27,31). The highest BCUT2D eigenvalue weighted by Gasteiger charge is 2.43. The summed E-state index contributed by atoms with van der Waals surface area (Å²) in [5.41, 5.74) is 0.237. The lowest BCUT2D eigenvalue weighted by Gasteiger charge is -2.45. The number of nitrogens with zero attached hydrogens (tertiary/aromatic N) is 1. The van der Waals surface area contributed by atoms with Gasteiger partial charge in [0.15, 0.2) is 0 Å². The SMILES string of the molecule is CCC(C)(C)N(C(=O)C(CS)NC(=O)OC(C)(C)C)C(C(=O)NC(C)C)c1ccccc1C. The molecule has 8 heteroatoms. The molecule has 0 saturated carbocycles. The van der Waals surface area contributed by atoms with Crippen molar-refractivity contribution in [1.82, 2.24) is 15.5 Å². The number of benzene rings is 1. The number of hydrogen-bond donors (Lipinski definition) is 3. The first-order valence-corrected chi connectivity index (χ1v) is 12.1. The maximum Gasteiger partial charge on any atom is 0.408 e. The molecule has 2 unspecified atom stereocenters. The van der Waals surface area contributed by atoms with Crippen LogP contribution in [0.5, 0.6) is 0 Å². The van der Waals surface area contributed by atoms with Gasteiger partial charge in [0.1, 0.15) is 17.7 Å². The van der Waals surface area contributed by atoms with Crippen molar-refractivity contribution in [2.45, 2.75) is 98.0 Å². The zero-order chi connectivity index (χ0) is 25.6. The molecule has 2 atom stereocenters. The highest BCUT2D eigenvalue weighted by Crippen LogP contribution is 2.33. The van der Waals surface area contributed by atoms with Crippen LogP contribution in [-0.2, 0) is 14.3 Å². The molecule has 1 aromatic carbocycles. The quantitative estimate of drug-likeness (QED) is 0.458. The van der Waals surface area contributed by atoms with E-state index in [0.717, 1.165) is 11.1 Å². The number of carbonyl (C=O) groups excluding carboxylic acids is 3. The van der Waals surface area contributed by atoms with Crippen LogP contribution in [0, 0.1) is 6.92 Å². The average Bonchev–Trinajstić information content (AvgIpc) is 2.68. The number of ether oxygens (including phenoxy) is 1. The van der Waals surface area contributed by atoms with E-state index in [1.54, 1.807) is 25.7 Å². The summed E-state index contributed by atoms with van der Waals surface area (Å²) in [6.07, 6.45) is -0.106. The Hall–Kier alpha value is -2.22. The number of thiol groups is 1. The molecule has 0 aliphatic rings. The van der Waals surface area contributed by atoms with Gasteiger partial charge >= 0.3 is 6.09 Å². The smallest absolute Gasteiger partial charge is 0.408 e. The van der Waals surface area contributed by atoms with Crippen molar-refractivity contribution in [3.8, 4) is 0 Å². The second-order valence-corrected chi connectivity index (χ2v) is 10.5. The molecule has 33 heavy (non-hydrogen) atoms. The fourth-order valence-electron chi connectivity index (χ4n) is 3.40. The third-order valence-electron chi connectivity index (χ3n) is 5.35. The average molecular weight is 480 g/mol. The molecule has 3 amide bonds. The van der Waals surface area contributed by atoms with Crippen LogP contribution >= 0.6 is 12.6 Å². The molecule has 0 spiro atoms. The Bertz CT molecular complexity index is 833. The van der Waals surface area contributed by atoms with Crippen LogP contribution in [0.1, 0.15) is 79.0 Å². The molecule has 0 radical (unpaired) electrons. The van der Waals surface area contributed by atoms with E-state index in [0.29, 0.717) is 6.42 Å². The van der Waals surface area contributed by atoms with Crippen LogP contribution in [0.4, 0.5) is 4.79 Å². The van der Waals surface area contributed by atoms with Crippen LogP contribution in [0.2, 0.25) is 0 Å². The highest BCUT2D eigenvalue weighted by molar-refractivity contribution is 7.80. The Labute approximate surface area is 204 Å². The van der Waals surface area contributed by atoms with Crippen LogP contribution < -0.4 is 10.6 Å². The first-order valence-electron chi connectivity index (χ1n) is 11.4. The molecule has 1 rings (SSSR count). The summed E-state index contributed by atoms with van der Waals surface area (Å²) >= 11 is 4.33. The van der Waals surface area contributed by atoms with E-state index in [1.807, 2.05) is 65.8 Å². The summed E-state index contributed by atoms with van der Waals surface area (Å²) in [6, 6.07) is 5.59. The fraction of sp³-hybridized carbons (Fsp3) is 0.640. The first-order chi connectivity index (χ1) is 15.1. The van der Waals surface area contributed by atoms with E-state index < -0.39 is 35.2 Å². The fourth-order valence-corrected chi connectivity index (χ4v) is 3.65. The molecule has 0 bridgehead atoms. The largest absolute Gasteiger partial charge is 0.444 e. The zero-order valence-corrected chi connectivity index (χ0v) is 22.4. The van der Waals surface area contributed by atoms with Gasteiger partial charge in [-0.3, -0.25) is 9.59 Å². The molecule has 0 aliphatic carbocycles. The van der Waals surface area contributed by atoms with Gasteiger partial charge in [-0.05, 0) is 72.9 Å². The van der Waals surface area contributed by atoms with E-state index >= 15 is 0 Å². The third-order valence-corrected chi connectivity index (χ3v) is 5.71. The molecular formula is C25H41N3O4S. The second-order valence-electron chi connectivity index (χ2n) is 10.2. The van der Waals surface area contributed by atoms with Gasteiger partial charge in [0.2, 0.25) is 11.8 Å². The third kappa shape index (κ3) is 8.25. The van der Waals surface area contributed by atoms with E-state index in [2.05, 4.69) is 23.3 Å². The molecule has 0 saturated heterocycles. The van der Waals surface area contributed by atoms with Gasteiger partial charge in [-0.25, -0.2) is 4.79 Å². The van der Waals surface area contributed by atoms with Crippen LogP contribution in [0.3, 0.4) is 0 Å². The Balaban J connectivity index is 3.55. The summed E-state index contributed by atoms with van der Waals surface area (Å²) < 4.78 is 5.34. The van der Waals surface area contributed by atoms with Gasteiger partial charge in [-0.1, -0.05) is 31.2 Å². The van der Waals surface area contributed by atoms with Crippen molar-refractivity contribution in [2.75, 3.05) is 5.75 Å². The molecule has 7 nitrogen and oxygen atoms in total. The monoisotopic (exact) mass is 479 g/mol. The number of alkyl carbamates (subject to hydrolysis) is 1. The van der Waals surface area contributed by atoms with E-state index in [-0.39, 0.29) is 17.7 Å². The lowest BCUT2D eigenvalue weighted by Crippen LogP contribution is -2.60. The maximum absolute atomic E-state index is 13.9. The summed E-state index contributed by atoms with van der Waals surface area (Å²) in [5, 5.41) is 5.60. The topological polar surface area (TPSA) is 87.7 Å². The second kappa shape index (κ2) is 11.8. The highest BCUT2D eigenvalue weighted by atomic mass is 32.1. The number of hydrogen-bond acceptors (Lipinski definition) is 5. The lowest BCUT2D eigenvalue weighted by atomic mass is 9.90. The van der Waals surface area contributed by atoms with Gasteiger partial charge < -0.3 is 20.3 Å². The Morgan fingerprint density at radius 2 is 1.64 bits per heavy atom. The van der Waals surface area contributed by atoms with Gasteiger partial charge in [-0.15, -0.1) is 0 Å². The molecule has 1 aromatic rings. The van der Waals surface area contributed by atoms with Gasteiger partial charge in [0.05, 0.1) is 0 Å². The van der Waals surface area contributed by atoms with E-state index in [1.165, 1.54) is 0 Å².